The molecule has 6 nitrogen and oxygen atoms in total. The van der Waals surface area contributed by atoms with Crippen molar-refractivity contribution in [2.75, 3.05) is 13.2 Å². The fraction of sp³-hybridized carbons (Fsp3) is 0.533. The van der Waals surface area contributed by atoms with Crippen LogP contribution in [0.1, 0.15) is 26.2 Å². The van der Waals surface area contributed by atoms with Crippen LogP contribution in [0, 0.1) is 0 Å². The molecule has 0 bridgehead atoms. The van der Waals surface area contributed by atoms with E-state index >= 15 is 0 Å². The molecule has 1 amide bonds. The van der Waals surface area contributed by atoms with Crippen LogP contribution >= 0.6 is 23.2 Å². The van der Waals surface area contributed by atoms with Crippen LogP contribution in [0.2, 0.25) is 10.0 Å². The Morgan fingerprint density at radius 1 is 1.42 bits per heavy atom. The van der Waals surface area contributed by atoms with Gasteiger partial charge in [0.15, 0.2) is 0 Å². The van der Waals surface area contributed by atoms with Crippen LogP contribution in [0.15, 0.2) is 23.1 Å². The fourth-order valence-corrected chi connectivity index (χ4v) is 4.03. The third kappa shape index (κ3) is 5.32. The predicted molar refractivity (Wildman–Crippen MR) is 90.8 cm³/mol. The lowest BCUT2D eigenvalue weighted by atomic mass is 10.1. The van der Waals surface area contributed by atoms with Crippen LogP contribution in [-0.4, -0.2) is 39.7 Å². The average Bonchev–Trinajstić information content (AvgIpc) is 2.55. The molecule has 1 aromatic rings. The molecule has 0 saturated carbocycles. The number of nitrogens with one attached hydrogen (secondary N) is 1. The summed E-state index contributed by atoms with van der Waals surface area (Å²) in [7, 11) is -4.13. The maximum atomic E-state index is 12.3. The van der Waals surface area contributed by atoms with Gasteiger partial charge in [0.25, 0.3) is 15.9 Å². The molecular formula is C15H19Cl2NO5S. The molecule has 134 valence electrons. The summed E-state index contributed by atoms with van der Waals surface area (Å²) in [6.45, 7) is 2.40. The van der Waals surface area contributed by atoms with Crippen LogP contribution in [0.3, 0.4) is 0 Å². The quantitative estimate of drug-likeness (QED) is 0.800. The zero-order chi connectivity index (χ0) is 17.7. The molecular weight excluding hydrogens is 377 g/mol. The van der Waals surface area contributed by atoms with Crippen molar-refractivity contribution < 1.29 is 22.7 Å². The van der Waals surface area contributed by atoms with Gasteiger partial charge in [-0.05, 0) is 44.4 Å². The minimum Gasteiger partial charge on any atom is -0.376 e. The second-order valence-electron chi connectivity index (χ2n) is 5.51. The van der Waals surface area contributed by atoms with Crippen molar-refractivity contribution in [3.05, 3.63) is 28.2 Å². The van der Waals surface area contributed by atoms with Gasteiger partial charge in [0.1, 0.15) is 11.0 Å². The third-order valence-corrected chi connectivity index (χ3v) is 5.66. The summed E-state index contributed by atoms with van der Waals surface area (Å²) >= 11 is 11.7. The summed E-state index contributed by atoms with van der Waals surface area (Å²) in [5.74, 6) is -0.776. The molecule has 1 aliphatic heterocycles. The highest BCUT2D eigenvalue weighted by molar-refractivity contribution is 7.90. The Morgan fingerprint density at radius 3 is 2.83 bits per heavy atom. The van der Waals surface area contributed by atoms with Crippen molar-refractivity contribution in [1.29, 1.82) is 0 Å². The van der Waals surface area contributed by atoms with E-state index in [1.54, 1.807) is 0 Å². The summed E-state index contributed by atoms with van der Waals surface area (Å²) < 4.78 is 37.4. The first kappa shape index (κ1) is 19.5. The molecule has 1 aliphatic rings. The average molecular weight is 396 g/mol. The standard InChI is InChI=1S/C15H19Cl2NO5S/c1-10(23-9-12-4-2-3-7-22-12)15(19)18-24(20,21)14-8-11(16)5-6-13(14)17/h5-6,8,10,12H,2-4,7,9H2,1H3,(H,18,19)/t10-,12-/m0/s1. The second kappa shape index (κ2) is 8.49. The van der Waals surface area contributed by atoms with Gasteiger partial charge in [-0.25, -0.2) is 13.1 Å². The van der Waals surface area contributed by atoms with Crippen LogP contribution in [0.4, 0.5) is 0 Å². The number of sulfonamides is 1. The molecule has 0 radical (unpaired) electrons. The zero-order valence-corrected chi connectivity index (χ0v) is 15.5. The lowest BCUT2D eigenvalue weighted by Crippen LogP contribution is -2.40. The highest BCUT2D eigenvalue weighted by atomic mass is 35.5. The molecule has 1 fully saturated rings. The molecule has 0 aromatic heterocycles. The smallest absolute Gasteiger partial charge is 0.265 e. The first-order chi connectivity index (χ1) is 11.3. The van der Waals surface area contributed by atoms with E-state index in [2.05, 4.69) is 0 Å². The van der Waals surface area contributed by atoms with Crippen molar-refractivity contribution in [3.8, 4) is 0 Å². The molecule has 0 aliphatic carbocycles. The topological polar surface area (TPSA) is 81.7 Å². The molecule has 1 saturated heterocycles. The highest BCUT2D eigenvalue weighted by Crippen LogP contribution is 2.24. The van der Waals surface area contributed by atoms with Crippen molar-refractivity contribution in [3.63, 3.8) is 0 Å². The van der Waals surface area contributed by atoms with E-state index in [1.165, 1.54) is 25.1 Å². The molecule has 0 spiro atoms. The number of carbonyl (C=O) groups excluding carboxylic acids is 1. The molecule has 1 aromatic carbocycles. The summed E-state index contributed by atoms with van der Waals surface area (Å²) in [4.78, 5) is 11.8. The second-order valence-corrected chi connectivity index (χ2v) is 8.00. The minimum atomic E-state index is -4.13. The van der Waals surface area contributed by atoms with E-state index in [1.807, 2.05) is 4.72 Å². The van der Waals surface area contributed by atoms with Crippen molar-refractivity contribution in [2.45, 2.75) is 43.3 Å². The third-order valence-electron chi connectivity index (χ3n) is 3.59. The molecule has 0 unspecified atom stereocenters. The Kier molecular flexibility index (Phi) is 6.88. The molecule has 1 N–H and O–H groups in total. The molecule has 2 rings (SSSR count). The summed E-state index contributed by atoms with van der Waals surface area (Å²) in [5.41, 5.74) is 0. The molecule has 2 atom stereocenters. The Hall–Kier alpha value is -0.860. The van der Waals surface area contributed by atoms with Gasteiger partial charge in [-0.15, -0.1) is 0 Å². The van der Waals surface area contributed by atoms with Crippen LogP contribution in [-0.2, 0) is 24.3 Å². The number of ether oxygens (including phenoxy) is 2. The number of hydrogen-bond acceptors (Lipinski definition) is 5. The molecule has 9 heteroatoms. The normalized spacial score (nSPS) is 19.7. The van der Waals surface area contributed by atoms with E-state index in [0.29, 0.717) is 6.61 Å². The minimum absolute atomic E-state index is 0.0242. The lowest BCUT2D eigenvalue weighted by Gasteiger charge is -2.23. The van der Waals surface area contributed by atoms with Crippen LogP contribution < -0.4 is 4.72 Å². The monoisotopic (exact) mass is 395 g/mol. The Labute approximate surface area is 151 Å². The summed E-state index contributed by atoms with van der Waals surface area (Å²) in [6, 6.07) is 3.99. The van der Waals surface area contributed by atoms with Crippen molar-refractivity contribution in [2.24, 2.45) is 0 Å². The first-order valence-corrected chi connectivity index (χ1v) is 9.78. The predicted octanol–water partition coefficient (Wildman–Crippen LogP) is 2.77. The fourth-order valence-electron chi connectivity index (χ4n) is 2.22. The van der Waals surface area contributed by atoms with Gasteiger partial charge in [-0.1, -0.05) is 23.2 Å². The van der Waals surface area contributed by atoms with E-state index in [0.717, 1.165) is 19.3 Å². The van der Waals surface area contributed by atoms with E-state index in [-0.39, 0.29) is 27.7 Å². The van der Waals surface area contributed by atoms with Gasteiger partial charge in [0.05, 0.1) is 17.7 Å². The number of amides is 1. The van der Waals surface area contributed by atoms with Crippen molar-refractivity contribution >= 4 is 39.1 Å². The maximum Gasteiger partial charge on any atom is 0.265 e. The lowest BCUT2D eigenvalue weighted by molar-refractivity contribution is -0.133. The largest absolute Gasteiger partial charge is 0.376 e. The van der Waals surface area contributed by atoms with Gasteiger partial charge in [0.2, 0.25) is 0 Å². The maximum absolute atomic E-state index is 12.3. The first-order valence-electron chi connectivity index (χ1n) is 7.54. The number of carbonyl (C=O) groups is 1. The van der Waals surface area contributed by atoms with E-state index < -0.39 is 22.0 Å². The van der Waals surface area contributed by atoms with Crippen LogP contribution in [0.25, 0.3) is 0 Å². The van der Waals surface area contributed by atoms with Crippen molar-refractivity contribution in [1.82, 2.24) is 4.72 Å². The SMILES string of the molecule is C[C@H](OC[C@@H]1CCCCO1)C(=O)NS(=O)(=O)c1cc(Cl)ccc1Cl. The van der Waals surface area contributed by atoms with Gasteiger partial charge in [-0.2, -0.15) is 0 Å². The number of rotatable bonds is 6. The van der Waals surface area contributed by atoms with Crippen LogP contribution in [0.5, 0.6) is 0 Å². The van der Waals surface area contributed by atoms with E-state index in [9.17, 15) is 13.2 Å². The summed E-state index contributed by atoms with van der Waals surface area (Å²) in [5, 5.41) is 0.176. The molecule has 1 heterocycles. The highest BCUT2D eigenvalue weighted by Gasteiger charge is 2.25. The Bertz CT molecular complexity index is 689. The number of hydrogen-bond donors (Lipinski definition) is 1. The zero-order valence-electron chi connectivity index (χ0n) is 13.1. The Morgan fingerprint density at radius 2 is 2.17 bits per heavy atom. The van der Waals surface area contributed by atoms with E-state index in [4.69, 9.17) is 32.7 Å². The van der Waals surface area contributed by atoms with Gasteiger partial charge >= 0.3 is 0 Å². The summed E-state index contributed by atoms with van der Waals surface area (Å²) in [6.07, 6.45) is 1.93. The Balaban J connectivity index is 1.95. The number of benzene rings is 1. The van der Waals surface area contributed by atoms with Gasteiger partial charge < -0.3 is 9.47 Å². The number of halogens is 2. The van der Waals surface area contributed by atoms with Gasteiger partial charge in [-0.3, -0.25) is 4.79 Å². The van der Waals surface area contributed by atoms with Gasteiger partial charge in [0, 0.05) is 11.6 Å². The molecule has 24 heavy (non-hydrogen) atoms.